The lowest BCUT2D eigenvalue weighted by atomic mass is 9.97. The number of piperazine rings is 1. The predicted molar refractivity (Wildman–Crippen MR) is 94.6 cm³/mol. The van der Waals surface area contributed by atoms with Crippen LogP contribution in [0.2, 0.25) is 0 Å². The average molecular weight is 332 g/mol. The van der Waals surface area contributed by atoms with Gasteiger partial charge in [-0.15, -0.1) is 0 Å². The van der Waals surface area contributed by atoms with Crippen molar-refractivity contribution in [3.63, 3.8) is 0 Å². The molecule has 0 radical (unpaired) electrons. The van der Waals surface area contributed by atoms with Crippen molar-refractivity contribution in [2.45, 2.75) is 33.2 Å². The number of carbonyl (C=O) groups is 2. The number of rotatable bonds is 6. The number of quaternary nitrogens is 1. The maximum Gasteiger partial charge on any atom is 0.275 e. The Bertz CT molecular complexity index is 537. The summed E-state index contributed by atoms with van der Waals surface area (Å²) >= 11 is 0. The molecule has 2 rings (SSSR count). The highest BCUT2D eigenvalue weighted by Gasteiger charge is 2.24. The summed E-state index contributed by atoms with van der Waals surface area (Å²) in [5, 5.41) is 3.21. The standard InChI is InChI=1S/C19H29N3O2/c1-15(2)13-18(17-7-5-4-6-8-17)20-19(24)14-21-9-11-22(12-10-21)16(3)23/h4-8,15,18H,9-14H2,1-3H3,(H,20,24)/p+1/t18-/m1/s1. The van der Waals surface area contributed by atoms with Gasteiger partial charge in [-0.1, -0.05) is 44.2 Å². The first-order valence-corrected chi connectivity index (χ1v) is 8.89. The number of amides is 2. The first-order chi connectivity index (χ1) is 11.5. The third kappa shape index (κ3) is 5.64. The van der Waals surface area contributed by atoms with Crippen LogP contribution < -0.4 is 10.2 Å². The van der Waals surface area contributed by atoms with Crippen molar-refractivity contribution in [3.05, 3.63) is 35.9 Å². The normalized spacial score (nSPS) is 16.9. The summed E-state index contributed by atoms with van der Waals surface area (Å²) < 4.78 is 0. The van der Waals surface area contributed by atoms with Gasteiger partial charge in [0.05, 0.1) is 32.2 Å². The van der Waals surface area contributed by atoms with Crippen molar-refractivity contribution < 1.29 is 14.5 Å². The van der Waals surface area contributed by atoms with E-state index in [2.05, 4.69) is 31.3 Å². The summed E-state index contributed by atoms with van der Waals surface area (Å²) in [5.41, 5.74) is 1.16. The van der Waals surface area contributed by atoms with Crippen LogP contribution in [0.15, 0.2) is 30.3 Å². The Balaban J connectivity index is 1.88. The minimum Gasteiger partial charge on any atom is -0.344 e. The first-order valence-electron chi connectivity index (χ1n) is 8.89. The molecule has 2 amide bonds. The van der Waals surface area contributed by atoms with Crippen molar-refractivity contribution >= 4 is 11.8 Å². The summed E-state index contributed by atoms with van der Waals surface area (Å²) in [5.74, 6) is 0.734. The van der Waals surface area contributed by atoms with Gasteiger partial charge in [0.2, 0.25) is 5.91 Å². The van der Waals surface area contributed by atoms with Gasteiger partial charge in [-0.05, 0) is 17.9 Å². The van der Waals surface area contributed by atoms with Crippen molar-refractivity contribution in [2.24, 2.45) is 5.92 Å². The molecule has 2 N–H and O–H groups in total. The molecule has 132 valence electrons. The molecule has 0 spiro atoms. The summed E-state index contributed by atoms with van der Waals surface area (Å²) in [6, 6.07) is 10.2. The van der Waals surface area contributed by atoms with E-state index in [0.29, 0.717) is 12.5 Å². The van der Waals surface area contributed by atoms with Crippen LogP contribution in [0.3, 0.4) is 0 Å². The minimum absolute atomic E-state index is 0.0663. The van der Waals surface area contributed by atoms with Gasteiger partial charge in [0.25, 0.3) is 5.91 Å². The van der Waals surface area contributed by atoms with Crippen LogP contribution in [-0.2, 0) is 9.59 Å². The van der Waals surface area contributed by atoms with E-state index in [0.717, 1.165) is 38.2 Å². The summed E-state index contributed by atoms with van der Waals surface area (Å²) in [4.78, 5) is 27.0. The molecule has 0 unspecified atom stereocenters. The fourth-order valence-corrected chi connectivity index (χ4v) is 3.22. The third-order valence-corrected chi connectivity index (χ3v) is 4.57. The van der Waals surface area contributed by atoms with E-state index in [4.69, 9.17) is 0 Å². The number of benzene rings is 1. The molecule has 1 saturated heterocycles. The van der Waals surface area contributed by atoms with Gasteiger partial charge in [0.1, 0.15) is 0 Å². The highest BCUT2D eigenvalue weighted by atomic mass is 16.2. The van der Waals surface area contributed by atoms with Crippen LogP contribution in [0.4, 0.5) is 0 Å². The largest absolute Gasteiger partial charge is 0.344 e. The molecule has 1 aromatic carbocycles. The van der Waals surface area contributed by atoms with Gasteiger partial charge in [0, 0.05) is 6.92 Å². The second-order valence-electron chi connectivity index (χ2n) is 7.09. The number of hydrogen-bond acceptors (Lipinski definition) is 2. The molecule has 0 aromatic heterocycles. The Morgan fingerprint density at radius 2 is 1.79 bits per heavy atom. The minimum atomic E-state index is 0.0663. The molecule has 0 saturated carbocycles. The Kier molecular flexibility index (Phi) is 6.79. The van der Waals surface area contributed by atoms with Crippen LogP contribution in [0, 0.1) is 5.92 Å². The topological polar surface area (TPSA) is 53.9 Å². The van der Waals surface area contributed by atoms with Gasteiger partial charge in [-0.2, -0.15) is 0 Å². The third-order valence-electron chi connectivity index (χ3n) is 4.57. The van der Waals surface area contributed by atoms with Crippen LogP contribution in [-0.4, -0.2) is 49.4 Å². The molecule has 1 aliphatic rings. The second-order valence-corrected chi connectivity index (χ2v) is 7.09. The monoisotopic (exact) mass is 332 g/mol. The lowest BCUT2D eigenvalue weighted by molar-refractivity contribution is -0.896. The number of nitrogens with one attached hydrogen (secondary N) is 2. The molecule has 0 aliphatic carbocycles. The predicted octanol–water partition coefficient (Wildman–Crippen LogP) is 0.637. The van der Waals surface area contributed by atoms with Crippen molar-refractivity contribution in [1.29, 1.82) is 0 Å². The maximum absolute atomic E-state index is 12.5. The average Bonchev–Trinajstić information content (AvgIpc) is 2.55. The molecule has 0 bridgehead atoms. The summed E-state index contributed by atoms with van der Waals surface area (Å²) in [7, 11) is 0. The van der Waals surface area contributed by atoms with Crippen molar-refractivity contribution in [2.75, 3.05) is 32.7 Å². The highest BCUT2D eigenvalue weighted by Crippen LogP contribution is 2.20. The van der Waals surface area contributed by atoms with E-state index in [1.807, 2.05) is 23.1 Å². The zero-order valence-electron chi connectivity index (χ0n) is 15.0. The van der Waals surface area contributed by atoms with E-state index in [1.54, 1.807) is 6.92 Å². The smallest absolute Gasteiger partial charge is 0.275 e. The molecule has 1 atom stereocenters. The van der Waals surface area contributed by atoms with Crippen molar-refractivity contribution in [3.8, 4) is 0 Å². The van der Waals surface area contributed by atoms with Gasteiger partial charge < -0.3 is 15.1 Å². The lowest BCUT2D eigenvalue weighted by Crippen LogP contribution is -3.15. The van der Waals surface area contributed by atoms with E-state index in [9.17, 15) is 9.59 Å². The number of hydrogen-bond donors (Lipinski definition) is 2. The number of nitrogens with zero attached hydrogens (tertiary/aromatic N) is 1. The van der Waals surface area contributed by atoms with E-state index in [1.165, 1.54) is 4.90 Å². The second kappa shape index (κ2) is 8.83. The quantitative estimate of drug-likeness (QED) is 0.803. The zero-order valence-corrected chi connectivity index (χ0v) is 15.0. The molecule has 1 fully saturated rings. The Morgan fingerprint density at radius 1 is 1.17 bits per heavy atom. The fourth-order valence-electron chi connectivity index (χ4n) is 3.22. The lowest BCUT2D eigenvalue weighted by Gasteiger charge is -2.31. The maximum atomic E-state index is 12.5. The molecule has 1 heterocycles. The van der Waals surface area contributed by atoms with Crippen LogP contribution >= 0.6 is 0 Å². The number of carbonyl (C=O) groups excluding carboxylic acids is 2. The highest BCUT2D eigenvalue weighted by molar-refractivity contribution is 5.77. The van der Waals surface area contributed by atoms with Crippen molar-refractivity contribution in [1.82, 2.24) is 10.2 Å². The molecular formula is C19H30N3O2+. The van der Waals surface area contributed by atoms with Gasteiger partial charge in [0.15, 0.2) is 6.54 Å². The molecule has 24 heavy (non-hydrogen) atoms. The summed E-state index contributed by atoms with van der Waals surface area (Å²) in [6.45, 7) is 9.60. The SMILES string of the molecule is CC(=O)N1CC[NH+](CC(=O)N[C@H](CC(C)C)c2ccccc2)CC1. The Morgan fingerprint density at radius 3 is 2.33 bits per heavy atom. The fraction of sp³-hybridized carbons (Fsp3) is 0.579. The molecule has 5 heteroatoms. The Hall–Kier alpha value is -1.88. The molecular weight excluding hydrogens is 302 g/mol. The molecule has 5 nitrogen and oxygen atoms in total. The van der Waals surface area contributed by atoms with Gasteiger partial charge in [-0.3, -0.25) is 9.59 Å². The van der Waals surface area contributed by atoms with Crippen LogP contribution in [0.5, 0.6) is 0 Å². The van der Waals surface area contributed by atoms with Gasteiger partial charge in [-0.25, -0.2) is 0 Å². The van der Waals surface area contributed by atoms with E-state index >= 15 is 0 Å². The Labute approximate surface area is 145 Å². The molecule has 1 aromatic rings. The molecule has 1 aliphatic heterocycles. The van der Waals surface area contributed by atoms with Gasteiger partial charge >= 0.3 is 0 Å². The summed E-state index contributed by atoms with van der Waals surface area (Å²) in [6.07, 6.45) is 0.934. The van der Waals surface area contributed by atoms with Crippen LogP contribution in [0.25, 0.3) is 0 Å². The van der Waals surface area contributed by atoms with E-state index < -0.39 is 0 Å². The first kappa shape index (κ1) is 18.5. The van der Waals surface area contributed by atoms with Crippen LogP contribution in [0.1, 0.15) is 38.8 Å². The zero-order chi connectivity index (χ0) is 17.5. The van der Waals surface area contributed by atoms with E-state index in [-0.39, 0.29) is 17.9 Å².